The van der Waals surface area contributed by atoms with Crippen molar-refractivity contribution < 1.29 is 4.42 Å². The SMILES string of the molecule is CNC(C)c1nnc(N(C)c2cccc(C)c2)o1. The Morgan fingerprint density at radius 2 is 2.11 bits per heavy atom. The summed E-state index contributed by atoms with van der Waals surface area (Å²) in [7, 11) is 3.77. The van der Waals surface area contributed by atoms with Crippen LogP contribution in [0, 0.1) is 6.92 Å². The third-order valence-corrected chi connectivity index (χ3v) is 2.91. The third kappa shape index (κ3) is 2.51. The first-order valence-corrected chi connectivity index (χ1v) is 5.93. The highest BCUT2D eigenvalue weighted by atomic mass is 16.4. The summed E-state index contributed by atoms with van der Waals surface area (Å²) in [5, 5.41) is 11.2. The Morgan fingerprint density at radius 3 is 2.78 bits per heavy atom. The summed E-state index contributed by atoms with van der Waals surface area (Å²) >= 11 is 0. The Bertz CT molecular complexity index is 523. The minimum Gasteiger partial charge on any atom is -0.406 e. The summed E-state index contributed by atoms with van der Waals surface area (Å²) in [6.45, 7) is 4.03. The van der Waals surface area contributed by atoms with Crippen molar-refractivity contribution in [1.82, 2.24) is 15.5 Å². The number of rotatable bonds is 4. The van der Waals surface area contributed by atoms with E-state index >= 15 is 0 Å². The fourth-order valence-electron chi connectivity index (χ4n) is 1.61. The topological polar surface area (TPSA) is 54.2 Å². The zero-order valence-corrected chi connectivity index (χ0v) is 11.1. The van der Waals surface area contributed by atoms with Crippen LogP contribution in [0.4, 0.5) is 11.7 Å². The molecule has 18 heavy (non-hydrogen) atoms. The van der Waals surface area contributed by atoms with Gasteiger partial charge in [0, 0.05) is 12.7 Å². The molecule has 0 aliphatic rings. The highest BCUT2D eigenvalue weighted by Crippen LogP contribution is 2.24. The fourth-order valence-corrected chi connectivity index (χ4v) is 1.61. The molecule has 1 heterocycles. The number of nitrogens with one attached hydrogen (secondary N) is 1. The molecule has 1 aromatic heterocycles. The molecule has 5 nitrogen and oxygen atoms in total. The second-order valence-electron chi connectivity index (χ2n) is 4.33. The zero-order chi connectivity index (χ0) is 13.1. The number of hydrogen-bond donors (Lipinski definition) is 1. The van der Waals surface area contributed by atoms with Gasteiger partial charge in [0.05, 0.1) is 6.04 Å². The minimum atomic E-state index is 0.0529. The maximum absolute atomic E-state index is 5.63. The van der Waals surface area contributed by atoms with Gasteiger partial charge in [0.2, 0.25) is 5.89 Å². The molecule has 0 aliphatic heterocycles. The Labute approximate surface area is 107 Å². The summed E-state index contributed by atoms with van der Waals surface area (Å²) < 4.78 is 5.63. The summed E-state index contributed by atoms with van der Waals surface area (Å²) in [4.78, 5) is 1.88. The number of nitrogens with zero attached hydrogens (tertiary/aromatic N) is 3. The molecular weight excluding hydrogens is 228 g/mol. The van der Waals surface area contributed by atoms with Crippen molar-refractivity contribution in [3.05, 3.63) is 35.7 Å². The smallest absolute Gasteiger partial charge is 0.322 e. The van der Waals surface area contributed by atoms with Crippen LogP contribution >= 0.6 is 0 Å². The van der Waals surface area contributed by atoms with Crippen LogP contribution in [0.5, 0.6) is 0 Å². The molecule has 1 atom stereocenters. The van der Waals surface area contributed by atoms with Crippen LogP contribution in [0.3, 0.4) is 0 Å². The highest BCUT2D eigenvalue weighted by Gasteiger charge is 2.15. The predicted octanol–water partition coefficient (Wildman–Crippen LogP) is 2.43. The van der Waals surface area contributed by atoms with E-state index in [9.17, 15) is 0 Å². The van der Waals surface area contributed by atoms with Crippen LogP contribution in [0.25, 0.3) is 0 Å². The van der Waals surface area contributed by atoms with Crippen molar-refractivity contribution in [3.63, 3.8) is 0 Å². The quantitative estimate of drug-likeness (QED) is 0.898. The van der Waals surface area contributed by atoms with Gasteiger partial charge in [-0.2, -0.15) is 0 Å². The number of benzene rings is 1. The zero-order valence-electron chi connectivity index (χ0n) is 11.1. The van der Waals surface area contributed by atoms with Gasteiger partial charge in [-0.05, 0) is 38.6 Å². The van der Waals surface area contributed by atoms with Gasteiger partial charge < -0.3 is 9.73 Å². The second kappa shape index (κ2) is 5.18. The molecule has 1 N–H and O–H groups in total. The van der Waals surface area contributed by atoms with Gasteiger partial charge in [0.15, 0.2) is 0 Å². The third-order valence-electron chi connectivity index (χ3n) is 2.91. The first-order chi connectivity index (χ1) is 8.61. The standard InChI is InChI=1S/C13H18N4O/c1-9-6-5-7-11(8-9)17(4)13-16-15-12(18-13)10(2)14-3/h5-8,10,14H,1-4H3. The molecule has 96 valence electrons. The lowest BCUT2D eigenvalue weighted by Crippen LogP contribution is -2.12. The second-order valence-corrected chi connectivity index (χ2v) is 4.33. The Balaban J connectivity index is 2.23. The molecule has 0 amide bonds. The van der Waals surface area contributed by atoms with Crippen molar-refractivity contribution in [2.75, 3.05) is 19.0 Å². The average molecular weight is 246 g/mol. The van der Waals surface area contributed by atoms with E-state index in [4.69, 9.17) is 4.42 Å². The average Bonchev–Trinajstić information content (AvgIpc) is 2.86. The van der Waals surface area contributed by atoms with Crippen molar-refractivity contribution >= 4 is 11.7 Å². The van der Waals surface area contributed by atoms with Gasteiger partial charge in [-0.25, -0.2) is 0 Å². The molecular formula is C13H18N4O. The van der Waals surface area contributed by atoms with Gasteiger partial charge in [-0.15, -0.1) is 5.10 Å². The molecule has 0 saturated carbocycles. The molecule has 0 aliphatic carbocycles. The van der Waals surface area contributed by atoms with Gasteiger partial charge in [-0.1, -0.05) is 17.2 Å². The predicted molar refractivity (Wildman–Crippen MR) is 71.0 cm³/mol. The normalized spacial score (nSPS) is 12.4. The van der Waals surface area contributed by atoms with E-state index in [-0.39, 0.29) is 6.04 Å². The van der Waals surface area contributed by atoms with Crippen LogP contribution in [-0.2, 0) is 0 Å². The van der Waals surface area contributed by atoms with Gasteiger partial charge in [-0.3, -0.25) is 4.90 Å². The van der Waals surface area contributed by atoms with Crippen LogP contribution in [-0.4, -0.2) is 24.3 Å². The van der Waals surface area contributed by atoms with Crippen LogP contribution in [0.15, 0.2) is 28.7 Å². The van der Waals surface area contributed by atoms with Gasteiger partial charge in [0.1, 0.15) is 0 Å². The molecule has 1 unspecified atom stereocenters. The van der Waals surface area contributed by atoms with E-state index in [1.54, 1.807) is 0 Å². The summed E-state index contributed by atoms with van der Waals surface area (Å²) in [5.41, 5.74) is 2.23. The molecule has 0 radical (unpaired) electrons. The molecule has 0 saturated heterocycles. The van der Waals surface area contributed by atoms with Crippen molar-refractivity contribution in [2.45, 2.75) is 19.9 Å². The number of aryl methyl sites for hydroxylation is 1. The minimum absolute atomic E-state index is 0.0529. The van der Waals surface area contributed by atoms with Crippen molar-refractivity contribution in [1.29, 1.82) is 0 Å². The highest BCUT2D eigenvalue weighted by molar-refractivity contribution is 5.55. The van der Waals surface area contributed by atoms with E-state index in [0.717, 1.165) is 5.69 Å². The van der Waals surface area contributed by atoms with E-state index in [1.165, 1.54) is 5.56 Å². The maximum Gasteiger partial charge on any atom is 0.322 e. The molecule has 0 fully saturated rings. The molecule has 2 rings (SSSR count). The van der Waals surface area contributed by atoms with Crippen LogP contribution in [0.1, 0.15) is 24.4 Å². The van der Waals surface area contributed by atoms with E-state index in [1.807, 2.05) is 38.1 Å². The van der Waals surface area contributed by atoms with Crippen LogP contribution < -0.4 is 10.2 Å². The first-order valence-electron chi connectivity index (χ1n) is 5.93. The van der Waals surface area contributed by atoms with Gasteiger partial charge >= 0.3 is 6.01 Å². The number of anilines is 2. The summed E-state index contributed by atoms with van der Waals surface area (Å²) in [6.07, 6.45) is 0. The number of hydrogen-bond acceptors (Lipinski definition) is 5. The summed E-state index contributed by atoms with van der Waals surface area (Å²) in [6, 6.07) is 8.70. The fraction of sp³-hybridized carbons (Fsp3) is 0.385. The lowest BCUT2D eigenvalue weighted by atomic mass is 10.2. The first kappa shape index (κ1) is 12.6. The Morgan fingerprint density at radius 1 is 1.33 bits per heavy atom. The Hall–Kier alpha value is -1.88. The van der Waals surface area contributed by atoms with Crippen molar-refractivity contribution in [2.24, 2.45) is 0 Å². The Kier molecular flexibility index (Phi) is 3.62. The van der Waals surface area contributed by atoms with Crippen LogP contribution in [0.2, 0.25) is 0 Å². The molecule has 5 heteroatoms. The largest absolute Gasteiger partial charge is 0.406 e. The monoisotopic (exact) mass is 246 g/mol. The molecule has 1 aromatic carbocycles. The molecule has 0 spiro atoms. The van der Waals surface area contributed by atoms with E-state index in [0.29, 0.717) is 11.9 Å². The van der Waals surface area contributed by atoms with E-state index < -0.39 is 0 Å². The van der Waals surface area contributed by atoms with Gasteiger partial charge in [0.25, 0.3) is 0 Å². The lowest BCUT2D eigenvalue weighted by Gasteiger charge is -2.14. The molecule has 0 bridgehead atoms. The summed E-state index contributed by atoms with van der Waals surface area (Å²) in [5.74, 6) is 0.590. The maximum atomic E-state index is 5.63. The molecule has 2 aromatic rings. The number of aromatic nitrogens is 2. The van der Waals surface area contributed by atoms with E-state index in [2.05, 4.69) is 34.6 Å². The van der Waals surface area contributed by atoms with Crippen molar-refractivity contribution in [3.8, 4) is 0 Å². The lowest BCUT2D eigenvalue weighted by molar-refractivity contribution is 0.437.